The summed E-state index contributed by atoms with van der Waals surface area (Å²) in [5, 5.41) is 6.64. The molecule has 3 aromatic rings. The van der Waals surface area contributed by atoms with Gasteiger partial charge in [0.2, 0.25) is 0 Å². The van der Waals surface area contributed by atoms with Crippen LogP contribution in [0.3, 0.4) is 0 Å². The van der Waals surface area contributed by atoms with Gasteiger partial charge >= 0.3 is 0 Å². The first-order valence-electron chi connectivity index (χ1n) is 14.8. The van der Waals surface area contributed by atoms with E-state index in [1.54, 1.807) is 6.20 Å². The number of amides is 1. The van der Waals surface area contributed by atoms with Crippen LogP contribution in [-0.4, -0.2) is 59.0 Å². The van der Waals surface area contributed by atoms with Crippen LogP contribution in [0.25, 0.3) is 0 Å². The van der Waals surface area contributed by atoms with Gasteiger partial charge in [-0.2, -0.15) is 0 Å². The number of nitrogens with one attached hydrogen (secondary N) is 2. The Labute approximate surface area is 232 Å². The minimum absolute atomic E-state index is 0.0215. The molecular formula is C32H40N6O. The first-order valence-corrected chi connectivity index (χ1v) is 14.8. The maximum atomic E-state index is 12.6. The zero-order chi connectivity index (χ0) is 26.4. The number of hydrogen-bond acceptors (Lipinski definition) is 6. The van der Waals surface area contributed by atoms with E-state index in [1.165, 1.54) is 57.2 Å². The predicted molar refractivity (Wildman–Crippen MR) is 157 cm³/mol. The van der Waals surface area contributed by atoms with Crippen molar-refractivity contribution in [2.75, 3.05) is 36.4 Å². The van der Waals surface area contributed by atoms with Gasteiger partial charge in [-0.25, -0.2) is 4.98 Å². The maximum absolute atomic E-state index is 12.6. The van der Waals surface area contributed by atoms with E-state index >= 15 is 0 Å². The largest absolute Gasteiger partial charge is 0.353 e. The highest BCUT2D eigenvalue weighted by atomic mass is 16.1. The molecule has 7 heteroatoms. The number of nitrogens with zero attached hydrogens (tertiary/aromatic N) is 4. The summed E-state index contributed by atoms with van der Waals surface area (Å²) in [5.74, 6) is 2.21. The SMILES string of the molecule is O=C(N[C@@H]1CCCN(c2cncc(Nc3ccc(C4CCN(C5CCCC5)CC4)cc3)n2)C1)c1ccccc1. The summed E-state index contributed by atoms with van der Waals surface area (Å²) in [6.45, 7) is 4.12. The molecule has 204 valence electrons. The summed E-state index contributed by atoms with van der Waals surface area (Å²) in [6, 6.07) is 19.2. The van der Waals surface area contributed by atoms with Gasteiger partial charge < -0.3 is 20.4 Å². The van der Waals surface area contributed by atoms with Gasteiger partial charge in [-0.05, 0) is 87.4 Å². The topological polar surface area (TPSA) is 73.4 Å². The minimum atomic E-state index is -0.0215. The summed E-state index contributed by atoms with van der Waals surface area (Å²) in [4.78, 5) is 26.9. The Kier molecular flexibility index (Phi) is 8.05. The van der Waals surface area contributed by atoms with Crippen LogP contribution in [0, 0.1) is 0 Å². The molecule has 2 saturated heterocycles. The molecule has 3 aliphatic rings. The molecule has 1 saturated carbocycles. The third-order valence-corrected chi connectivity index (χ3v) is 8.76. The van der Waals surface area contributed by atoms with E-state index in [0.717, 1.165) is 49.3 Å². The fraction of sp³-hybridized carbons (Fsp3) is 0.469. The molecule has 0 unspecified atom stereocenters. The lowest BCUT2D eigenvalue weighted by Gasteiger charge is -2.36. The third-order valence-electron chi connectivity index (χ3n) is 8.76. The molecule has 0 spiro atoms. The van der Waals surface area contributed by atoms with E-state index in [2.05, 4.69) is 49.7 Å². The Morgan fingerprint density at radius 2 is 1.59 bits per heavy atom. The van der Waals surface area contributed by atoms with Crippen LogP contribution in [0.2, 0.25) is 0 Å². The summed E-state index contributed by atoms with van der Waals surface area (Å²) >= 11 is 0. The Hall–Kier alpha value is -3.45. The Morgan fingerprint density at radius 1 is 0.821 bits per heavy atom. The first kappa shape index (κ1) is 25.8. The van der Waals surface area contributed by atoms with Crippen molar-refractivity contribution < 1.29 is 4.79 Å². The van der Waals surface area contributed by atoms with Crippen molar-refractivity contribution in [2.24, 2.45) is 0 Å². The Bertz CT molecular complexity index is 1220. The molecule has 2 aromatic carbocycles. The molecule has 3 heterocycles. The second-order valence-corrected chi connectivity index (χ2v) is 11.4. The van der Waals surface area contributed by atoms with E-state index in [9.17, 15) is 4.79 Å². The molecule has 0 radical (unpaired) electrons. The number of hydrogen-bond donors (Lipinski definition) is 2. The van der Waals surface area contributed by atoms with Crippen molar-refractivity contribution in [1.29, 1.82) is 0 Å². The molecule has 2 N–H and O–H groups in total. The molecule has 2 aliphatic heterocycles. The smallest absolute Gasteiger partial charge is 0.251 e. The Morgan fingerprint density at radius 3 is 2.36 bits per heavy atom. The van der Waals surface area contributed by atoms with Gasteiger partial charge in [0, 0.05) is 36.4 Å². The molecule has 7 nitrogen and oxygen atoms in total. The number of carbonyl (C=O) groups excluding carboxylic acids is 1. The van der Waals surface area contributed by atoms with Gasteiger partial charge in [-0.3, -0.25) is 9.78 Å². The fourth-order valence-corrected chi connectivity index (χ4v) is 6.58. The lowest BCUT2D eigenvalue weighted by molar-refractivity contribution is 0.0933. The standard InChI is InChI=1S/C32H40N6O/c39-32(26-7-2-1-3-8-26)35-28-9-6-18-38(23-28)31-22-33-21-30(36-31)34-27-14-12-24(13-15-27)25-16-19-37(20-17-25)29-10-4-5-11-29/h1-3,7-8,12-15,21-22,25,28-29H,4-6,9-11,16-20,23H2,(H,34,36)(H,35,39)/t28-/m1/s1. The summed E-state index contributed by atoms with van der Waals surface area (Å²) in [5.41, 5.74) is 3.17. The van der Waals surface area contributed by atoms with E-state index in [1.807, 2.05) is 36.5 Å². The van der Waals surface area contributed by atoms with Crippen LogP contribution in [0.5, 0.6) is 0 Å². The quantitative estimate of drug-likeness (QED) is 0.411. The van der Waals surface area contributed by atoms with Crippen LogP contribution < -0.4 is 15.5 Å². The third kappa shape index (κ3) is 6.41. The fourth-order valence-electron chi connectivity index (χ4n) is 6.58. The number of likely N-dealkylation sites (tertiary alicyclic amines) is 1. The van der Waals surface area contributed by atoms with Gasteiger partial charge in [0.15, 0.2) is 5.82 Å². The second-order valence-electron chi connectivity index (χ2n) is 11.4. The summed E-state index contributed by atoms with van der Waals surface area (Å²) < 4.78 is 0. The van der Waals surface area contributed by atoms with E-state index in [0.29, 0.717) is 11.5 Å². The second kappa shape index (κ2) is 12.2. The van der Waals surface area contributed by atoms with Crippen LogP contribution in [0.15, 0.2) is 67.0 Å². The molecule has 1 amide bonds. The number of benzene rings is 2. The lowest BCUT2D eigenvalue weighted by Crippen LogP contribution is -2.48. The van der Waals surface area contributed by atoms with Gasteiger partial charge in [-0.15, -0.1) is 0 Å². The van der Waals surface area contributed by atoms with Gasteiger partial charge in [0.25, 0.3) is 5.91 Å². The molecule has 1 atom stereocenters. The summed E-state index contributed by atoms with van der Waals surface area (Å²) in [7, 11) is 0. The highest BCUT2D eigenvalue weighted by Gasteiger charge is 2.28. The van der Waals surface area contributed by atoms with Crippen molar-refractivity contribution in [3.63, 3.8) is 0 Å². The van der Waals surface area contributed by atoms with Crippen molar-refractivity contribution >= 4 is 23.2 Å². The number of aromatic nitrogens is 2. The van der Waals surface area contributed by atoms with Gasteiger partial charge in [0.05, 0.1) is 12.4 Å². The van der Waals surface area contributed by atoms with Crippen molar-refractivity contribution in [3.05, 3.63) is 78.1 Å². The first-order chi connectivity index (χ1) is 19.2. The number of anilines is 3. The van der Waals surface area contributed by atoms with E-state index in [-0.39, 0.29) is 11.9 Å². The zero-order valence-corrected chi connectivity index (χ0v) is 22.8. The highest BCUT2D eigenvalue weighted by Crippen LogP contribution is 2.33. The van der Waals surface area contributed by atoms with E-state index < -0.39 is 0 Å². The zero-order valence-electron chi connectivity index (χ0n) is 22.8. The van der Waals surface area contributed by atoms with Crippen molar-refractivity contribution in [2.45, 2.75) is 69.4 Å². The normalized spacial score (nSPS) is 21.1. The van der Waals surface area contributed by atoms with Crippen molar-refractivity contribution in [3.8, 4) is 0 Å². The monoisotopic (exact) mass is 524 g/mol. The van der Waals surface area contributed by atoms with Gasteiger partial charge in [-0.1, -0.05) is 43.2 Å². The van der Waals surface area contributed by atoms with E-state index in [4.69, 9.17) is 4.98 Å². The average molecular weight is 525 g/mol. The Balaban J connectivity index is 1.03. The number of carbonyl (C=O) groups is 1. The molecular weight excluding hydrogens is 484 g/mol. The lowest BCUT2D eigenvalue weighted by atomic mass is 9.88. The van der Waals surface area contributed by atoms with Crippen LogP contribution >= 0.6 is 0 Å². The predicted octanol–water partition coefficient (Wildman–Crippen LogP) is 5.74. The van der Waals surface area contributed by atoms with Crippen LogP contribution in [-0.2, 0) is 0 Å². The van der Waals surface area contributed by atoms with Crippen LogP contribution in [0.4, 0.5) is 17.3 Å². The summed E-state index contributed by atoms with van der Waals surface area (Å²) in [6.07, 6.45) is 13.7. The van der Waals surface area contributed by atoms with Crippen molar-refractivity contribution in [1.82, 2.24) is 20.2 Å². The molecule has 39 heavy (non-hydrogen) atoms. The molecule has 1 aromatic heterocycles. The number of piperidine rings is 2. The molecule has 3 fully saturated rings. The molecule has 6 rings (SSSR count). The van der Waals surface area contributed by atoms with Gasteiger partial charge in [0.1, 0.15) is 5.82 Å². The average Bonchev–Trinajstić information content (AvgIpc) is 3.54. The molecule has 0 bridgehead atoms. The van der Waals surface area contributed by atoms with Crippen LogP contribution in [0.1, 0.15) is 73.2 Å². The maximum Gasteiger partial charge on any atom is 0.251 e. The number of rotatable bonds is 7. The minimum Gasteiger partial charge on any atom is -0.353 e. The molecule has 1 aliphatic carbocycles. The highest BCUT2D eigenvalue weighted by molar-refractivity contribution is 5.94.